The highest BCUT2D eigenvalue weighted by Gasteiger charge is 2.20. The van der Waals surface area contributed by atoms with Gasteiger partial charge in [-0.25, -0.2) is 0 Å². The lowest BCUT2D eigenvalue weighted by Gasteiger charge is -2.23. The SMILES string of the molecule is CNCCO[Si](COC(C)(C)C)c1ccccc1. The van der Waals surface area contributed by atoms with Crippen molar-refractivity contribution in [2.75, 3.05) is 26.4 Å². The largest absolute Gasteiger partial charge is 0.408 e. The van der Waals surface area contributed by atoms with Gasteiger partial charge in [0.05, 0.1) is 11.8 Å². The van der Waals surface area contributed by atoms with Crippen LogP contribution in [0.15, 0.2) is 30.3 Å². The molecule has 0 bridgehead atoms. The Morgan fingerprint density at radius 1 is 1.17 bits per heavy atom. The minimum Gasteiger partial charge on any atom is -0.408 e. The lowest BCUT2D eigenvalue weighted by atomic mass is 10.2. The molecule has 0 spiro atoms. The number of ether oxygens (including phenoxy) is 1. The van der Waals surface area contributed by atoms with Gasteiger partial charge in [0.2, 0.25) is 0 Å². The molecule has 0 amide bonds. The summed E-state index contributed by atoms with van der Waals surface area (Å²) in [5.74, 6) is 0. The van der Waals surface area contributed by atoms with Crippen molar-refractivity contribution < 1.29 is 9.16 Å². The average Bonchev–Trinajstić information content (AvgIpc) is 2.33. The van der Waals surface area contributed by atoms with Crippen molar-refractivity contribution >= 4 is 14.2 Å². The van der Waals surface area contributed by atoms with Crippen LogP contribution in [0.1, 0.15) is 20.8 Å². The topological polar surface area (TPSA) is 30.5 Å². The van der Waals surface area contributed by atoms with E-state index in [1.165, 1.54) is 5.19 Å². The van der Waals surface area contributed by atoms with E-state index < -0.39 is 9.04 Å². The van der Waals surface area contributed by atoms with E-state index in [-0.39, 0.29) is 5.60 Å². The summed E-state index contributed by atoms with van der Waals surface area (Å²) in [5, 5.41) is 4.36. The molecule has 0 aliphatic heterocycles. The molecular formula is C14H24NO2Si. The predicted octanol–water partition coefficient (Wildman–Crippen LogP) is 1.48. The van der Waals surface area contributed by atoms with E-state index in [0.29, 0.717) is 6.23 Å². The van der Waals surface area contributed by atoms with E-state index in [0.717, 1.165) is 13.2 Å². The number of nitrogens with one attached hydrogen (secondary N) is 1. The molecule has 0 aliphatic carbocycles. The standard InChI is InChI=1S/C14H24NO2Si/c1-14(2,3)16-12-18(17-11-10-15-4)13-8-6-5-7-9-13/h5-9,15H,10-12H2,1-4H3. The van der Waals surface area contributed by atoms with Gasteiger partial charge in [-0.15, -0.1) is 0 Å². The number of hydrogen-bond donors (Lipinski definition) is 1. The number of rotatable bonds is 7. The van der Waals surface area contributed by atoms with Gasteiger partial charge in [0, 0.05) is 13.2 Å². The quantitative estimate of drug-likeness (QED) is 0.599. The van der Waals surface area contributed by atoms with Gasteiger partial charge in [0.15, 0.2) is 0 Å². The zero-order valence-electron chi connectivity index (χ0n) is 11.8. The van der Waals surface area contributed by atoms with E-state index in [1.807, 2.05) is 13.1 Å². The third-order valence-corrected chi connectivity index (χ3v) is 4.30. The van der Waals surface area contributed by atoms with Crippen molar-refractivity contribution in [3.8, 4) is 0 Å². The second-order valence-corrected chi connectivity index (χ2v) is 7.14. The van der Waals surface area contributed by atoms with Crippen LogP contribution in [-0.2, 0) is 9.16 Å². The highest BCUT2D eigenvalue weighted by molar-refractivity contribution is 6.67. The third kappa shape index (κ3) is 6.30. The molecule has 1 aromatic rings. The number of likely N-dealkylation sites (N-methyl/N-ethyl adjacent to an activating group) is 1. The molecule has 0 heterocycles. The Labute approximate surface area is 112 Å². The van der Waals surface area contributed by atoms with Crippen LogP contribution in [0.2, 0.25) is 0 Å². The van der Waals surface area contributed by atoms with Crippen molar-refractivity contribution in [1.82, 2.24) is 5.32 Å². The van der Waals surface area contributed by atoms with E-state index in [9.17, 15) is 0 Å². The molecule has 1 rings (SSSR count). The van der Waals surface area contributed by atoms with Crippen LogP contribution < -0.4 is 10.5 Å². The first-order chi connectivity index (χ1) is 8.53. The van der Waals surface area contributed by atoms with Gasteiger partial charge in [0.25, 0.3) is 9.04 Å². The fraction of sp³-hybridized carbons (Fsp3) is 0.571. The van der Waals surface area contributed by atoms with Crippen molar-refractivity contribution in [3.63, 3.8) is 0 Å². The van der Waals surface area contributed by atoms with Crippen LogP contribution in [-0.4, -0.2) is 41.1 Å². The Morgan fingerprint density at radius 3 is 2.39 bits per heavy atom. The molecule has 0 saturated heterocycles. The Hall–Kier alpha value is -0.683. The van der Waals surface area contributed by atoms with Gasteiger partial charge in [-0.05, 0) is 33.0 Å². The molecule has 1 radical (unpaired) electrons. The van der Waals surface area contributed by atoms with Gasteiger partial charge in [-0.3, -0.25) is 0 Å². The summed E-state index contributed by atoms with van der Waals surface area (Å²) in [6.07, 6.45) is 0.682. The summed E-state index contributed by atoms with van der Waals surface area (Å²) >= 11 is 0. The minimum atomic E-state index is -1.09. The Morgan fingerprint density at radius 2 is 1.83 bits per heavy atom. The second-order valence-electron chi connectivity index (χ2n) is 5.14. The van der Waals surface area contributed by atoms with Crippen molar-refractivity contribution in [1.29, 1.82) is 0 Å². The van der Waals surface area contributed by atoms with Gasteiger partial charge in [-0.2, -0.15) is 0 Å². The van der Waals surface area contributed by atoms with Crippen LogP contribution in [0.25, 0.3) is 0 Å². The molecule has 0 fully saturated rings. The van der Waals surface area contributed by atoms with E-state index in [2.05, 4.69) is 50.4 Å². The van der Waals surface area contributed by atoms with Gasteiger partial charge < -0.3 is 14.5 Å². The number of hydrogen-bond acceptors (Lipinski definition) is 3. The molecule has 0 atom stereocenters. The maximum Gasteiger partial charge on any atom is 0.273 e. The van der Waals surface area contributed by atoms with Crippen LogP contribution >= 0.6 is 0 Å². The Bertz CT molecular complexity index is 324. The molecule has 101 valence electrons. The van der Waals surface area contributed by atoms with Crippen molar-refractivity contribution in [2.24, 2.45) is 0 Å². The first kappa shape index (κ1) is 15.4. The van der Waals surface area contributed by atoms with Gasteiger partial charge in [-0.1, -0.05) is 30.3 Å². The molecule has 0 aromatic heterocycles. The third-order valence-electron chi connectivity index (χ3n) is 2.36. The monoisotopic (exact) mass is 266 g/mol. The maximum absolute atomic E-state index is 5.98. The molecule has 18 heavy (non-hydrogen) atoms. The fourth-order valence-electron chi connectivity index (χ4n) is 1.39. The highest BCUT2D eigenvalue weighted by atomic mass is 28.3. The Balaban J connectivity index is 2.58. The first-order valence-electron chi connectivity index (χ1n) is 6.35. The summed E-state index contributed by atoms with van der Waals surface area (Å²) < 4.78 is 11.9. The minimum absolute atomic E-state index is 0.114. The highest BCUT2D eigenvalue weighted by Crippen LogP contribution is 2.07. The smallest absolute Gasteiger partial charge is 0.273 e. The summed E-state index contributed by atoms with van der Waals surface area (Å²) in [6, 6.07) is 10.4. The Kier molecular flexibility index (Phi) is 6.57. The molecular weight excluding hydrogens is 242 g/mol. The van der Waals surface area contributed by atoms with Crippen molar-refractivity contribution in [2.45, 2.75) is 26.4 Å². The van der Waals surface area contributed by atoms with Crippen LogP contribution in [0.4, 0.5) is 0 Å². The van der Waals surface area contributed by atoms with E-state index >= 15 is 0 Å². The lowest BCUT2D eigenvalue weighted by Crippen LogP contribution is -2.42. The summed E-state index contributed by atoms with van der Waals surface area (Å²) in [6.45, 7) is 7.82. The van der Waals surface area contributed by atoms with Crippen LogP contribution in [0.5, 0.6) is 0 Å². The van der Waals surface area contributed by atoms with Crippen LogP contribution in [0.3, 0.4) is 0 Å². The molecule has 1 N–H and O–H groups in total. The molecule has 0 aliphatic rings. The zero-order valence-corrected chi connectivity index (χ0v) is 12.8. The second kappa shape index (κ2) is 7.69. The van der Waals surface area contributed by atoms with Gasteiger partial charge in [0.1, 0.15) is 0 Å². The lowest BCUT2D eigenvalue weighted by molar-refractivity contribution is 0.0186. The van der Waals surface area contributed by atoms with Gasteiger partial charge >= 0.3 is 0 Å². The summed E-state index contributed by atoms with van der Waals surface area (Å²) in [4.78, 5) is 0. The van der Waals surface area contributed by atoms with E-state index in [4.69, 9.17) is 9.16 Å². The maximum atomic E-state index is 5.98. The normalized spacial score (nSPS) is 12.1. The number of benzene rings is 1. The molecule has 0 unspecified atom stereocenters. The zero-order chi connectivity index (χ0) is 13.4. The van der Waals surface area contributed by atoms with Crippen molar-refractivity contribution in [3.05, 3.63) is 30.3 Å². The molecule has 0 saturated carbocycles. The predicted molar refractivity (Wildman–Crippen MR) is 77.4 cm³/mol. The summed E-state index contributed by atoms with van der Waals surface area (Å²) in [7, 11) is 0.845. The fourth-order valence-corrected chi connectivity index (χ4v) is 3.28. The van der Waals surface area contributed by atoms with E-state index in [1.54, 1.807) is 0 Å². The molecule has 3 nitrogen and oxygen atoms in total. The summed E-state index contributed by atoms with van der Waals surface area (Å²) in [5.41, 5.74) is -0.114. The van der Waals surface area contributed by atoms with Crippen LogP contribution in [0, 0.1) is 0 Å². The average molecular weight is 266 g/mol. The molecule has 1 aromatic carbocycles. The first-order valence-corrected chi connectivity index (χ1v) is 7.97. The molecule has 4 heteroatoms.